The highest BCUT2D eigenvalue weighted by molar-refractivity contribution is 4.59. The molecule has 2 atom stereocenters. The second-order valence-electron chi connectivity index (χ2n) is 3.76. The molecule has 0 saturated carbocycles. The number of nitrogens with one attached hydrogen (secondary N) is 1. The SMILES string of the molecule is CCCC[NH+]1CCCC1CC.[F-]. The predicted octanol–water partition coefficient (Wildman–Crippen LogP) is -1.75. The maximum Gasteiger partial charge on any atom is 0.0874 e. The summed E-state index contributed by atoms with van der Waals surface area (Å²) < 4.78 is 0. The predicted molar refractivity (Wildman–Crippen MR) is 48.9 cm³/mol. The molecular formula is C10H22FN. The van der Waals surface area contributed by atoms with E-state index in [-0.39, 0.29) is 4.70 Å². The third kappa shape index (κ3) is 3.10. The van der Waals surface area contributed by atoms with Gasteiger partial charge in [0.2, 0.25) is 0 Å². The van der Waals surface area contributed by atoms with Crippen LogP contribution in [0.5, 0.6) is 0 Å². The first-order chi connectivity index (χ1) is 5.38. The third-order valence-electron chi connectivity index (χ3n) is 2.97. The molecule has 0 amide bonds. The van der Waals surface area contributed by atoms with Gasteiger partial charge in [-0.05, 0) is 12.8 Å². The van der Waals surface area contributed by atoms with Crippen molar-refractivity contribution in [1.82, 2.24) is 0 Å². The van der Waals surface area contributed by atoms with Gasteiger partial charge in [0.15, 0.2) is 0 Å². The summed E-state index contributed by atoms with van der Waals surface area (Å²) in [5.41, 5.74) is 0. The Kier molecular flexibility index (Phi) is 6.35. The molecule has 0 aromatic carbocycles. The molecule has 74 valence electrons. The van der Waals surface area contributed by atoms with Gasteiger partial charge in [-0.2, -0.15) is 0 Å². The molecule has 1 aliphatic heterocycles. The van der Waals surface area contributed by atoms with Crippen LogP contribution in [0.15, 0.2) is 0 Å². The Morgan fingerprint density at radius 3 is 2.67 bits per heavy atom. The Morgan fingerprint density at radius 2 is 2.08 bits per heavy atom. The molecule has 2 unspecified atom stereocenters. The second-order valence-corrected chi connectivity index (χ2v) is 3.76. The van der Waals surface area contributed by atoms with E-state index in [1.165, 1.54) is 45.2 Å². The molecule has 1 nitrogen and oxygen atoms in total. The van der Waals surface area contributed by atoms with Gasteiger partial charge in [-0.3, -0.25) is 0 Å². The van der Waals surface area contributed by atoms with Gasteiger partial charge < -0.3 is 9.60 Å². The molecule has 2 heteroatoms. The monoisotopic (exact) mass is 175 g/mol. The van der Waals surface area contributed by atoms with Gasteiger partial charge in [-0.25, -0.2) is 0 Å². The fraction of sp³-hybridized carbons (Fsp3) is 1.00. The van der Waals surface area contributed by atoms with Crippen molar-refractivity contribution in [3.63, 3.8) is 0 Å². The Morgan fingerprint density at radius 1 is 1.33 bits per heavy atom. The van der Waals surface area contributed by atoms with Crippen LogP contribution in [0, 0.1) is 0 Å². The number of hydrogen-bond acceptors (Lipinski definition) is 0. The molecule has 12 heavy (non-hydrogen) atoms. The van der Waals surface area contributed by atoms with Gasteiger partial charge in [0.25, 0.3) is 0 Å². The Bertz CT molecular complexity index is 106. The smallest absolute Gasteiger partial charge is 0.0874 e. The number of likely N-dealkylation sites (tertiary alicyclic amines) is 1. The van der Waals surface area contributed by atoms with E-state index < -0.39 is 0 Å². The third-order valence-corrected chi connectivity index (χ3v) is 2.97. The molecule has 1 saturated heterocycles. The van der Waals surface area contributed by atoms with Gasteiger partial charge in [0, 0.05) is 12.8 Å². The maximum atomic E-state index is 2.34. The molecule has 0 aromatic heterocycles. The molecule has 1 heterocycles. The Labute approximate surface area is 75.5 Å². The topological polar surface area (TPSA) is 4.44 Å². The normalized spacial score (nSPS) is 28.5. The van der Waals surface area contributed by atoms with Crippen LogP contribution in [-0.2, 0) is 0 Å². The summed E-state index contributed by atoms with van der Waals surface area (Å²) >= 11 is 0. The second kappa shape index (κ2) is 6.41. The van der Waals surface area contributed by atoms with E-state index in [9.17, 15) is 0 Å². The summed E-state index contributed by atoms with van der Waals surface area (Å²) in [4.78, 5) is 1.88. The highest BCUT2D eigenvalue weighted by Crippen LogP contribution is 2.03. The summed E-state index contributed by atoms with van der Waals surface area (Å²) in [6.45, 7) is 7.49. The molecule has 0 radical (unpaired) electrons. The van der Waals surface area contributed by atoms with Crippen LogP contribution < -0.4 is 9.60 Å². The van der Waals surface area contributed by atoms with E-state index in [0.717, 1.165) is 6.04 Å². The Hall–Kier alpha value is -0.110. The quantitative estimate of drug-likeness (QED) is 0.517. The molecular weight excluding hydrogens is 153 g/mol. The minimum Gasteiger partial charge on any atom is -1.00 e. The lowest BCUT2D eigenvalue weighted by atomic mass is 10.1. The number of unbranched alkanes of at least 4 members (excludes halogenated alkanes) is 1. The largest absolute Gasteiger partial charge is 1.00 e. The van der Waals surface area contributed by atoms with Gasteiger partial charge in [-0.1, -0.05) is 20.3 Å². The van der Waals surface area contributed by atoms with Crippen LogP contribution in [0.4, 0.5) is 0 Å². The molecule has 1 aliphatic rings. The van der Waals surface area contributed by atoms with Crippen molar-refractivity contribution in [2.75, 3.05) is 13.1 Å². The molecule has 1 fully saturated rings. The van der Waals surface area contributed by atoms with Crippen molar-refractivity contribution >= 4 is 0 Å². The zero-order valence-electron chi connectivity index (χ0n) is 8.41. The van der Waals surface area contributed by atoms with Crippen molar-refractivity contribution in [3.8, 4) is 0 Å². The van der Waals surface area contributed by atoms with Crippen molar-refractivity contribution in [3.05, 3.63) is 0 Å². The fourth-order valence-corrected chi connectivity index (χ4v) is 2.21. The zero-order valence-corrected chi connectivity index (χ0v) is 8.41. The van der Waals surface area contributed by atoms with Crippen LogP contribution in [-0.4, -0.2) is 19.1 Å². The summed E-state index contributed by atoms with van der Waals surface area (Å²) in [5.74, 6) is 0. The zero-order chi connectivity index (χ0) is 8.10. The lowest BCUT2D eigenvalue weighted by Gasteiger charge is -2.19. The van der Waals surface area contributed by atoms with Crippen LogP contribution in [0.25, 0.3) is 0 Å². The first-order valence-corrected chi connectivity index (χ1v) is 5.23. The van der Waals surface area contributed by atoms with Crippen LogP contribution >= 0.6 is 0 Å². The minimum absolute atomic E-state index is 0. The fourth-order valence-electron chi connectivity index (χ4n) is 2.21. The number of rotatable bonds is 4. The minimum atomic E-state index is 0. The van der Waals surface area contributed by atoms with E-state index in [1.54, 1.807) is 0 Å². The maximum absolute atomic E-state index is 2.34. The summed E-state index contributed by atoms with van der Waals surface area (Å²) in [7, 11) is 0. The average molecular weight is 175 g/mol. The van der Waals surface area contributed by atoms with Crippen molar-refractivity contribution in [1.29, 1.82) is 0 Å². The molecule has 0 aliphatic carbocycles. The number of hydrogen-bond donors (Lipinski definition) is 1. The van der Waals surface area contributed by atoms with E-state index >= 15 is 0 Å². The van der Waals surface area contributed by atoms with Crippen molar-refractivity contribution in [2.45, 2.75) is 52.0 Å². The molecule has 1 N–H and O–H groups in total. The van der Waals surface area contributed by atoms with Crippen LogP contribution in [0.3, 0.4) is 0 Å². The van der Waals surface area contributed by atoms with E-state index in [4.69, 9.17) is 0 Å². The standard InChI is InChI=1S/C10H21N.FH/c1-3-5-8-11-9-6-7-10(11)4-2;/h10H,3-9H2,1-2H3;1H. The lowest BCUT2D eigenvalue weighted by Crippen LogP contribution is -3.13. The van der Waals surface area contributed by atoms with Crippen LogP contribution in [0.2, 0.25) is 0 Å². The van der Waals surface area contributed by atoms with E-state index in [1.807, 2.05) is 4.90 Å². The molecule has 0 spiro atoms. The Balaban J connectivity index is 0.00000121. The number of quaternary nitrogens is 1. The van der Waals surface area contributed by atoms with Gasteiger partial charge in [0.1, 0.15) is 0 Å². The first-order valence-electron chi connectivity index (χ1n) is 5.23. The summed E-state index contributed by atoms with van der Waals surface area (Å²) in [6.07, 6.45) is 7.12. The molecule has 0 bridgehead atoms. The van der Waals surface area contributed by atoms with Crippen LogP contribution in [0.1, 0.15) is 46.0 Å². The van der Waals surface area contributed by atoms with Crippen molar-refractivity contribution in [2.24, 2.45) is 0 Å². The highest BCUT2D eigenvalue weighted by Gasteiger charge is 2.25. The average Bonchev–Trinajstić information content (AvgIpc) is 2.47. The summed E-state index contributed by atoms with van der Waals surface area (Å²) in [6, 6.07) is 1.00. The van der Waals surface area contributed by atoms with Crippen molar-refractivity contribution < 1.29 is 9.60 Å². The first kappa shape index (κ1) is 11.9. The number of halogens is 1. The van der Waals surface area contributed by atoms with E-state index in [2.05, 4.69) is 13.8 Å². The van der Waals surface area contributed by atoms with Gasteiger partial charge >= 0.3 is 0 Å². The lowest BCUT2D eigenvalue weighted by molar-refractivity contribution is -0.912. The van der Waals surface area contributed by atoms with Gasteiger partial charge in [-0.15, -0.1) is 0 Å². The van der Waals surface area contributed by atoms with Gasteiger partial charge in [0.05, 0.1) is 19.1 Å². The highest BCUT2D eigenvalue weighted by atomic mass is 19.0. The summed E-state index contributed by atoms with van der Waals surface area (Å²) in [5, 5.41) is 0. The molecule has 1 rings (SSSR count). The molecule has 0 aromatic rings. The van der Waals surface area contributed by atoms with E-state index in [0.29, 0.717) is 0 Å².